The van der Waals surface area contributed by atoms with Crippen molar-refractivity contribution in [1.82, 2.24) is 9.88 Å². The zero-order chi connectivity index (χ0) is 13.5. The molecule has 0 aliphatic carbocycles. The molecule has 9 heteroatoms. The summed E-state index contributed by atoms with van der Waals surface area (Å²) in [5, 5.41) is 9.73. The topological polar surface area (TPSA) is 70.5 Å². The number of aromatic carboxylic acids is 1. The van der Waals surface area contributed by atoms with E-state index in [9.17, 15) is 18.4 Å². The normalized spacial score (nSPS) is 21.0. The van der Waals surface area contributed by atoms with E-state index in [1.54, 1.807) is 0 Å². The molecule has 0 saturated carbocycles. The molecule has 1 aromatic heterocycles. The molecule has 1 fully saturated rings. The van der Waals surface area contributed by atoms with E-state index in [0.717, 1.165) is 16.2 Å². The predicted molar refractivity (Wildman–Crippen MR) is 66.3 cm³/mol. The SMILES string of the molecule is C[C@H]1CC(F)(F)CN1C(=O)c1csc(C(=O)O)n1.[KH]. The number of carbonyl (C=O) groups excluding carboxylic acids is 1. The van der Waals surface area contributed by atoms with Crippen LogP contribution in [0.3, 0.4) is 0 Å². The minimum atomic E-state index is -2.89. The molecule has 0 spiro atoms. The molecule has 1 amide bonds. The Kier molecular flexibility index (Phi) is 5.61. The molecule has 1 aromatic rings. The van der Waals surface area contributed by atoms with Crippen molar-refractivity contribution in [3.05, 3.63) is 16.1 Å². The number of hydrogen-bond donors (Lipinski definition) is 1. The molecule has 0 aromatic carbocycles. The first kappa shape index (κ1) is 17.1. The van der Waals surface area contributed by atoms with Crippen LogP contribution in [0.5, 0.6) is 0 Å². The van der Waals surface area contributed by atoms with Gasteiger partial charge in [0.25, 0.3) is 11.8 Å². The molecule has 0 radical (unpaired) electrons. The molecule has 100 valence electrons. The summed E-state index contributed by atoms with van der Waals surface area (Å²) >= 11 is 0.800. The van der Waals surface area contributed by atoms with Gasteiger partial charge in [0.05, 0.1) is 6.54 Å². The quantitative estimate of drug-likeness (QED) is 0.828. The Hall–Kier alpha value is 0.0664. The van der Waals surface area contributed by atoms with Crippen molar-refractivity contribution < 1.29 is 23.5 Å². The van der Waals surface area contributed by atoms with Gasteiger partial charge in [-0.1, -0.05) is 0 Å². The van der Waals surface area contributed by atoms with E-state index in [-0.39, 0.29) is 68.5 Å². The Morgan fingerprint density at radius 2 is 2.21 bits per heavy atom. The van der Waals surface area contributed by atoms with E-state index < -0.39 is 30.4 Å². The Balaban J connectivity index is 0.00000180. The summed E-state index contributed by atoms with van der Waals surface area (Å²) in [4.78, 5) is 27.2. The molecule has 1 aliphatic heterocycles. The number of carboxylic acids is 1. The van der Waals surface area contributed by atoms with Gasteiger partial charge in [-0.15, -0.1) is 11.3 Å². The van der Waals surface area contributed by atoms with Gasteiger partial charge in [-0.2, -0.15) is 0 Å². The summed E-state index contributed by atoms with van der Waals surface area (Å²) in [5.41, 5.74) is -0.0954. The van der Waals surface area contributed by atoms with Crippen LogP contribution in [0.4, 0.5) is 8.78 Å². The zero-order valence-corrected chi connectivity index (χ0v) is 10.2. The van der Waals surface area contributed by atoms with Gasteiger partial charge in [0.1, 0.15) is 5.69 Å². The molecule has 19 heavy (non-hydrogen) atoms. The first-order chi connectivity index (χ1) is 8.30. The average Bonchev–Trinajstić information content (AvgIpc) is 2.81. The first-order valence-corrected chi connectivity index (χ1v) is 6.06. The standard InChI is InChI=1S/C10H10F2N2O3S.K.H/c1-5-2-10(11,12)4-14(5)8(15)6-3-18-7(13-6)9(16)17;;/h3,5H,2,4H2,1H3,(H,16,17);;/t5-;;/m0../s1. The molecular formula is C10H11F2KN2O3S. The Labute approximate surface area is 154 Å². The molecule has 1 saturated heterocycles. The molecule has 1 aliphatic rings. The van der Waals surface area contributed by atoms with E-state index in [1.165, 1.54) is 12.3 Å². The van der Waals surface area contributed by atoms with Gasteiger partial charge < -0.3 is 10.0 Å². The number of likely N-dealkylation sites (tertiary alicyclic amines) is 1. The monoisotopic (exact) mass is 316 g/mol. The average molecular weight is 316 g/mol. The van der Waals surface area contributed by atoms with Crippen LogP contribution in [0.1, 0.15) is 33.6 Å². The zero-order valence-electron chi connectivity index (χ0n) is 9.39. The molecular weight excluding hydrogens is 305 g/mol. The van der Waals surface area contributed by atoms with Crippen LogP contribution in [0.15, 0.2) is 5.38 Å². The fourth-order valence-corrected chi connectivity index (χ4v) is 2.53. The summed E-state index contributed by atoms with van der Waals surface area (Å²) < 4.78 is 26.3. The van der Waals surface area contributed by atoms with Gasteiger partial charge >= 0.3 is 57.4 Å². The van der Waals surface area contributed by atoms with E-state index in [2.05, 4.69) is 4.98 Å². The van der Waals surface area contributed by atoms with Crippen LogP contribution in [0.2, 0.25) is 0 Å². The van der Waals surface area contributed by atoms with Gasteiger partial charge in [0.2, 0.25) is 5.01 Å². The second kappa shape index (κ2) is 6.23. The third kappa shape index (κ3) is 3.79. The summed E-state index contributed by atoms with van der Waals surface area (Å²) in [6, 6.07) is -0.581. The molecule has 0 unspecified atom stereocenters. The second-order valence-electron chi connectivity index (χ2n) is 4.19. The summed E-state index contributed by atoms with van der Waals surface area (Å²) in [7, 11) is 0. The van der Waals surface area contributed by atoms with Gasteiger partial charge in [-0.25, -0.2) is 18.6 Å². The Morgan fingerprint density at radius 1 is 1.58 bits per heavy atom. The van der Waals surface area contributed by atoms with E-state index in [4.69, 9.17) is 5.11 Å². The molecule has 1 atom stereocenters. The van der Waals surface area contributed by atoms with Crippen molar-refractivity contribution in [2.45, 2.75) is 25.3 Å². The first-order valence-electron chi connectivity index (χ1n) is 5.18. The second-order valence-corrected chi connectivity index (χ2v) is 5.04. The number of hydrogen-bond acceptors (Lipinski definition) is 4. The Bertz CT molecular complexity index is 509. The maximum absolute atomic E-state index is 13.1. The van der Waals surface area contributed by atoms with Gasteiger partial charge in [0.15, 0.2) is 0 Å². The van der Waals surface area contributed by atoms with Gasteiger partial charge in [-0.3, -0.25) is 4.79 Å². The fraction of sp³-hybridized carbons (Fsp3) is 0.500. The van der Waals surface area contributed by atoms with Crippen LogP contribution >= 0.6 is 11.3 Å². The number of rotatable bonds is 2. The minimum absolute atomic E-state index is 0. The van der Waals surface area contributed by atoms with Crippen molar-refractivity contribution in [3.8, 4) is 0 Å². The number of amides is 1. The van der Waals surface area contributed by atoms with Crippen LogP contribution < -0.4 is 0 Å². The van der Waals surface area contributed by atoms with Crippen LogP contribution in [0, 0.1) is 0 Å². The summed E-state index contributed by atoms with van der Waals surface area (Å²) in [6.45, 7) is 0.885. The van der Waals surface area contributed by atoms with E-state index in [0.29, 0.717) is 0 Å². The number of halogens is 2. The summed E-state index contributed by atoms with van der Waals surface area (Å²) in [6.07, 6.45) is -0.380. The van der Waals surface area contributed by atoms with Crippen molar-refractivity contribution in [2.24, 2.45) is 0 Å². The molecule has 5 nitrogen and oxygen atoms in total. The molecule has 1 N–H and O–H groups in total. The maximum atomic E-state index is 13.1. The van der Waals surface area contributed by atoms with E-state index in [1.807, 2.05) is 0 Å². The van der Waals surface area contributed by atoms with Crippen molar-refractivity contribution in [2.75, 3.05) is 6.54 Å². The Morgan fingerprint density at radius 3 is 2.63 bits per heavy atom. The third-order valence-electron chi connectivity index (χ3n) is 2.69. The number of carbonyl (C=O) groups is 2. The van der Waals surface area contributed by atoms with Crippen molar-refractivity contribution >= 4 is 74.6 Å². The number of carboxylic acid groups (broad SMARTS) is 1. The predicted octanol–water partition coefficient (Wildman–Crippen LogP) is 1.06. The van der Waals surface area contributed by atoms with Gasteiger partial charge in [0, 0.05) is 17.8 Å². The molecule has 2 rings (SSSR count). The van der Waals surface area contributed by atoms with Crippen LogP contribution in [0.25, 0.3) is 0 Å². The van der Waals surface area contributed by atoms with Crippen LogP contribution in [-0.2, 0) is 0 Å². The fourth-order valence-electron chi connectivity index (χ4n) is 1.90. The van der Waals surface area contributed by atoms with Crippen LogP contribution in [-0.4, -0.2) is 96.8 Å². The number of nitrogens with zero attached hydrogens (tertiary/aromatic N) is 2. The number of thiazole rings is 1. The van der Waals surface area contributed by atoms with Crippen molar-refractivity contribution in [1.29, 1.82) is 0 Å². The summed E-state index contributed by atoms with van der Waals surface area (Å²) in [5.74, 6) is -4.77. The van der Waals surface area contributed by atoms with Gasteiger partial charge in [-0.05, 0) is 6.92 Å². The number of alkyl halides is 2. The molecule has 0 bridgehead atoms. The number of aromatic nitrogens is 1. The molecule has 2 heterocycles. The van der Waals surface area contributed by atoms with Crippen molar-refractivity contribution in [3.63, 3.8) is 0 Å². The third-order valence-corrected chi connectivity index (χ3v) is 3.53. The van der Waals surface area contributed by atoms with E-state index >= 15 is 0 Å².